The summed E-state index contributed by atoms with van der Waals surface area (Å²) in [6.07, 6.45) is 9.21. The number of carbonyl (C=O) groups excluding carboxylic acids is 1. The third-order valence-electron chi connectivity index (χ3n) is 4.95. The van der Waals surface area contributed by atoms with Gasteiger partial charge in [0.2, 0.25) is 11.9 Å². The lowest BCUT2D eigenvalue weighted by Gasteiger charge is -2.29. The molecule has 0 bridgehead atoms. The van der Waals surface area contributed by atoms with Crippen LogP contribution in [0.15, 0.2) is 18.5 Å². The molecule has 0 spiro atoms. The van der Waals surface area contributed by atoms with Crippen LogP contribution in [0.25, 0.3) is 0 Å². The highest BCUT2D eigenvalue weighted by atomic mass is 16.3. The Labute approximate surface area is 131 Å². The standard InChI is InChI=1S/C16H24N4O2/c21-11-7-16(14(22)19-13-4-1-2-5-13)6-10-20(12-16)15-17-8-3-9-18-15/h3,8-9,13,21H,1-2,4-7,10-12H2,(H,19,22). The van der Waals surface area contributed by atoms with E-state index in [1.807, 2.05) is 4.90 Å². The van der Waals surface area contributed by atoms with Crippen LogP contribution in [-0.2, 0) is 4.79 Å². The Morgan fingerprint density at radius 2 is 2.09 bits per heavy atom. The zero-order valence-electron chi connectivity index (χ0n) is 12.9. The van der Waals surface area contributed by atoms with E-state index in [0.29, 0.717) is 25.0 Å². The third kappa shape index (κ3) is 3.06. The van der Waals surface area contributed by atoms with E-state index in [1.165, 1.54) is 12.8 Å². The van der Waals surface area contributed by atoms with Gasteiger partial charge in [0, 0.05) is 38.1 Å². The van der Waals surface area contributed by atoms with Crippen molar-refractivity contribution in [1.82, 2.24) is 15.3 Å². The number of amides is 1. The van der Waals surface area contributed by atoms with Crippen LogP contribution in [-0.4, -0.2) is 46.7 Å². The number of nitrogens with zero attached hydrogens (tertiary/aromatic N) is 3. The van der Waals surface area contributed by atoms with Crippen molar-refractivity contribution in [3.05, 3.63) is 18.5 Å². The molecule has 1 aromatic heterocycles. The molecule has 1 saturated heterocycles. The van der Waals surface area contributed by atoms with Gasteiger partial charge in [0.25, 0.3) is 0 Å². The summed E-state index contributed by atoms with van der Waals surface area (Å²) in [5.41, 5.74) is -0.517. The normalized spacial score (nSPS) is 25.6. The van der Waals surface area contributed by atoms with Gasteiger partial charge in [0.05, 0.1) is 5.41 Å². The monoisotopic (exact) mass is 304 g/mol. The van der Waals surface area contributed by atoms with E-state index >= 15 is 0 Å². The molecule has 1 saturated carbocycles. The van der Waals surface area contributed by atoms with Crippen LogP contribution in [0.4, 0.5) is 5.95 Å². The molecule has 1 atom stereocenters. The van der Waals surface area contributed by atoms with Crippen LogP contribution in [0.3, 0.4) is 0 Å². The van der Waals surface area contributed by atoms with E-state index in [2.05, 4.69) is 15.3 Å². The van der Waals surface area contributed by atoms with Gasteiger partial charge < -0.3 is 15.3 Å². The van der Waals surface area contributed by atoms with Gasteiger partial charge in [-0.15, -0.1) is 0 Å². The molecule has 2 N–H and O–H groups in total. The maximum atomic E-state index is 12.8. The van der Waals surface area contributed by atoms with Crippen LogP contribution in [0.2, 0.25) is 0 Å². The summed E-state index contributed by atoms with van der Waals surface area (Å²) in [5, 5.41) is 12.6. The summed E-state index contributed by atoms with van der Waals surface area (Å²) in [4.78, 5) is 23.4. The van der Waals surface area contributed by atoms with Gasteiger partial charge in [-0.05, 0) is 31.7 Å². The molecular weight excluding hydrogens is 280 g/mol. The van der Waals surface area contributed by atoms with E-state index in [-0.39, 0.29) is 12.5 Å². The fraction of sp³-hybridized carbons (Fsp3) is 0.688. The Morgan fingerprint density at radius 1 is 1.36 bits per heavy atom. The first-order valence-corrected chi connectivity index (χ1v) is 8.17. The zero-order chi connectivity index (χ0) is 15.4. The van der Waals surface area contributed by atoms with Crippen molar-refractivity contribution < 1.29 is 9.90 Å². The van der Waals surface area contributed by atoms with Crippen molar-refractivity contribution in [1.29, 1.82) is 0 Å². The van der Waals surface area contributed by atoms with E-state index in [4.69, 9.17) is 0 Å². The summed E-state index contributed by atoms with van der Waals surface area (Å²) in [6.45, 7) is 1.36. The van der Waals surface area contributed by atoms with Crippen LogP contribution in [0.1, 0.15) is 38.5 Å². The van der Waals surface area contributed by atoms with Crippen LogP contribution in [0.5, 0.6) is 0 Å². The lowest BCUT2D eigenvalue weighted by Crippen LogP contribution is -2.47. The average molecular weight is 304 g/mol. The second-order valence-electron chi connectivity index (χ2n) is 6.43. The Hall–Kier alpha value is -1.69. The summed E-state index contributed by atoms with van der Waals surface area (Å²) < 4.78 is 0. The summed E-state index contributed by atoms with van der Waals surface area (Å²) in [6, 6.07) is 2.10. The van der Waals surface area contributed by atoms with Crippen molar-refractivity contribution in [2.24, 2.45) is 5.41 Å². The number of hydrogen-bond acceptors (Lipinski definition) is 5. The minimum absolute atomic E-state index is 0.0293. The maximum Gasteiger partial charge on any atom is 0.228 e. The van der Waals surface area contributed by atoms with E-state index in [9.17, 15) is 9.90 Å². The van der Waals surface area contributed by atoms with Crippen molar-refractivity contribution in [2.45, 2.75) is 44.6 Å². The quantitative estimate of drug-likeness (QED) is 0.852. The van der Waals surface area contributed by atoms with E-state index in [0.717, 1.165) is 25.8 Å². The van der Waals surface area contributed by atoms with Crippen molar-refractivity contribution in [3.63, 3.8) is 0 Å². The van der Waals surface area contributed by atoms with Crippen molar-refractivity contribution in [3.8, 4) is 0 Å². The van der Waals surface area contributed by atoms with Gasteiger partial charge in [-0.25, -0.2) is 9.97 Å². The van der Waals surface area contributed by atoms with Gasteiger partial charge in [-0.3, -0.25) is 4.79 Å². The minimum atomic E-state index is -0.517. The first-order chi connectivity index (χ1) is 10.7. The molecule has 120 valence electrons. The highest BCUT2D eigenvalue weighted by Crippen LogP contribution is 2.36. The van der Waals surface area contributed by atoms with E-state index in [1.54, 1.807) is 18.5 Å². The highest BCUT2D eigenvalue weighted by Gasteiger charge is 2.45. The average Bonchev–Trinajstić information content (AvgIpc) is 3.19. The predicted octanol–water partition coefficient (Wildman–Crippen LogP) is 1.11. The van der Waals surface area contributed by atoms with Gasteiger partial charge in [0.15, 0.2) is 0 Å². The molecule has 1 amide bonds. The molecule has 2 fully saturated rings. The molecule has 6 heteroatoms. The Bertz CT molecular complexity index is 504. The van der Waals surface area contributed by atoms with Crippen LogP contribution in [0, 0.1) is 5.41 Å². The molecule has 2 aliphatic rings. The highest BCUT2D eigenvalue weighted by molar-refractivity contribution is 5.84. The number of anilines is 1. The van der Waals surface area contributed by atoms with Crippen LogP contribution < -0.4 is 10.2 Å². The molecule has 2 heterocycles. The Kier molecular flexibility index (Phi) is 4.57. The summed E-state index contributed by atoms with van der Waals surface area (Å²) in [7, 11) is 0. The second-order valence-corrected chi connectivity index (χ2v) is 6.43. The Morgan fingerprint density at radius 3 is 2.77 bits per heavy atom. The largest absolute Gasteiger partial charge is 0.396 e. The summed E-state index contributed by atoms with van der Waals surface area (Å²) in [5.74, 6) is 0.753. The minimum Gasteiger partial charge on any atom is -0.396 e. The number of hydrogen-bond donors (Lipinski definition) is 2. The number of aromatic nitrogens is 2. The molecule has 6 nitrogen and oxygen atoms in total. The SMILES string of the molecule is O=C(NC1CCCC1)C1(CCO)CCN(c2ncccn2)C1. The van der Waals surface area contributed by atoms with Gasteiger partial charge in [-0.1, -0.05) is 12.8 Å². The fourth-order valence-corrected chi connectivity index (χ4v) is 3.62. The van der Waals surface area contributed by atoms with Gasteiger partial charge in [-0.2, -0.15) is 0 Å². The van der Waals surface area contributed by atoms with E-state index < -0.39 is 5.41 Å². The lowest BCUT2D eigenvalue weighted by atomic mass is 9.82. The molecule has 22 heavy (non-hydrogen) atoms. The zero-order valence-corrected chi connectivity index (χ0v) is 12.9. The smallest absolute Gasteiger partial charge is 0.228 e. The van der Waals surface area contributed by atoms with Crippen molar-refractivity contribution in [2.75, 3.05) is 24.6 Å². The number of aliphatic hydroxyl groups excluding tert-OH is 1. The second kappa shape index (κ2) is 6.60. The number of aliphatic hydroxyl groups is 1. The molecule has 1 unspecified atom stereocenters. The van der Waals surface area contributed by atoms with Crippen LogP contribution >= 0.6 is 0 Å². The fourth-order valence-electron chi connectivity index (χ4n) is 3.62. The first-order valence-electron chi connectivity index (χ1n) is 8.17. The first kappa shape index (κ1) is 15.2. The summed E-state index contributed by atoms with van der Waals surface area (Å²) >= 11 is 0. The van der Waals surface area contributed by atoms with Gasteiger partial charge in [0.1, 0.15) is 0 Å². The topological polar surface area (TPSA) is 78.4 Å². The van der Waals surface area contributed by atoms with Gasteiger partial charge >= 0.3 is 0 Å². The third-order valence-corrected chi connectivity index (χ3v) is 4.95. The maximum absolute atomic E-state index is 12.8. The Balaban J connectivity index is 1.70. The number of rotatable bonds is 5. The number of carbonyl (C=O) groups is 1. The predicted molar refractivity (Wildman–Crippen MR) is 83.4 cm³/mol. The molecular formula is C16H24N4O2. The molecule has 0 aromatic carbocycles. The number of nitrogens with one attached hydrogen (secondary N) is 1. The lowest BCUT2D eigenvalue weighted by molar-refractivity contribution is -0.131. The molecule has 1 aliphatic carbocycles. The van der Waals surface area contributed by atoms with Crippen molar-refractivity contribution >= 4 is 11.9 Å². The molecule has 1 aromatic rings. The molecule has 0 radical (unpaired) electrons. The molecule has 1 aliphatic heterocycles. The molecule has 3 rings (SSSR count).